The summed E-state index contributed by atoms with van der Waals surface area (Å²) in [5.41, 5.74) is 9.96. The second-order valence-electron chi connectivity index (χ2n) is 6.49. The summed E-state index contributed by atoms with van der Waals surface area (Å²) in [6.45, 7) is 2.58. The molecular weight excluding hydrogens is 354 g/mol. The van der Waals surface area contributed by atoms with E-state index < -0.39 is 6.04 Å². The van der Waals surface area contributed by atoms with Crippen LogP contribution in [0.5, 0.6) is 5.75 Å². The van der Waals surface area contributed by atoms with Gasteiger partial charge >= 0.3 is 5.97 Å². The van der Waals surface area contributed by atoms with Gasteiger partial charge in [-0.15, -0.1) is 0 Å². The number of hydrogen-bond donors (Lipinski definition) is 1. The van der Waals surface area contributed by atoms with E-state index in [1.165, 1.54) is 0 Å². The first kappa shape index (κ1) is 19.6. The van der Waals surface area contributed by atoms with Crippen LogP contribution in [0.15, 0.2) is 60.8 Å². The van der Waals surface area contributed by atoms with Crippen molar-refractivity contribution in [3.63, 3.8) is 0 Å². The first-order valence-corrected chi connectivity index (χ1v) is 9.28. The van der Waals surface area contributed by atoms with E-state index >= 15 is 0 Å². The Balaban J connectivity index is 1.87. The number of ether oxygens (including phenoxy) is 2. The molecule has 1 unspecified atom stereocenters. The molecule has 3 rings (SSSR count). The van der Waals surface area contributed by atoms with Crippen LogP contribution in [0.2, 0.25) is 0 Å². The van der Waals surface area contributed by atoms with E-state index in [-0.39, 0.29) is 12.4 Å². The number of carbonyl (C=O) groups excluding carboxylic acids is 1. The molecule has 0 amide bonds. The van der Waals surface area contributed by atoms with Gasteiger partial charge in [-0.05, 0) is 36.2 Å². The van der Waals surface area contributed by atoms with Crippen molar-refractivity contribution in [3.8, 4) is 17.0 Å². The van der Waals surface area contributed by atoms with Gasteiger partial charge in [0, 0.05) is 24.8 Å². The molecule has 0 saturated carbocycles. The van der Waals surface area contributed by atoms with Crippen molar-refractivity contribution in [2.75, 3.05) is 6.61 Å². The molecule has 0 aliphatic carbocycles. The lowest BCUT2D eigenvalue weighted by Gasteiger charge is -2.17. The van der Waals surface area contributed by atoms with E-state index in [4.69, 9.17) is 15.2 Å². The van der Waals surface area contributed by atoms with Crippen LogP contribution in [-0.4, -0.2) is 22.4 Å². The summed E-state index contributed by atoms with van der Waals surface area (Å²) in [5.74, 6) is 0.432. The predicted octanol–water partition coefficient (Wildman–Crippen LogP) is 3.62. The number of aromatic nitrogens is 2. The Hall–Kier alpha value is -3.12. The van der Waals surface area contributed by atoms with Gasteiger partial charge in [-0.3, -0.25) is 9.48 Å². The highest BCUT2D eigenvalue weighted by atomic mass is 16.5. The molecule has 3 aromatic rings. The SMILES string of the molecule is CCOC(=O)CC(N)c1ccc(OCc2ccccc2)c(-c2ccnn2C)c1. The second-order valence-corrected chi connectivity index (χ2v) is 6.49. The summed E-state index contributed by atoms with van der Waals surface area (Å²) >= 11 is 0. The average Bonchev–Trinajstić information content (AvgIpc) is 3.13. The molecular formula is C22H25N3O3. The molecule has 6 nitrogen and oxygen atoms in total. The van der Waals surface area contributed by atoms with Crippen molar-refractivity contribution in [1.29, 1.82) is 0 Å². The highest BCUT2D eigenvalue weighted by molar-refractivity contribution is 5.72. The fraction of sp³-hybridized carbons (Fsp3) is 0.273. The van der Waals surface area contributed by atoms with Crippen molar-refractivity contribution < 1.29 is 14.3 Å². The number of nitrogens with zero attached hydrogens (tertiary/aromatic N) is 2. The zero-order valence-corrected chi connectivity index (χ0v) is 16.2. The van der Waals surface area contributed by atoms with Gasteiger partial charge in [0.2, 0.25) is 0 Å². The minimum Gasteiger partial charge on any atom is -0.488 e. The minimum absolute atomic E-state index is 0.128. The number of carbonyl (C=O) groups is 1. The molecule has 0 spiro atoms. The van der Waals surface area contributed by atoms with Gasteiger partial charge in [0.1, 0.15) is 12.4 Å². The number of rotatable bonds is 8. The lowest BCUT2D eigenvalue weighted by atomic mass is 10.00. The molecule has 0 radical (unpaired) electrons. The van der Waals surface area contributed by atoms with Crippen LogP contribution in [0.25, 0.3) is 11.3 Å². The fourth-order valence-electron chi connectivity index (χ4n) is 3.00. The summed E-state index contributed by atoms with van der Waals surface area (Å²) in [6.07, 6.45) is 1.87. The van der Waals surface area contributed by atoms with Crippen molar-refractivity contribution >= 4 is 5.97 Å². The summed E-state index contributed by atoms with van der Waals surface area (Å²) in [5, 5.41) is 4.26. The summed E-state index contributed by atoms with van der Waals surface area (Å²) in [7, 11) is 1.88. The number of esters is 1. The van der Waals surface area contributed by atoms with Gasteiger partial charge in [-0.1, -0.05) is 36.4 Å². The van der Waals surface area contributed by atoms with Gasteiger partial charge in [0.25, 0.3) is 0 Å². The van der Waals surface area contributed by atoms with Crippen LogP contribution < -0.4 is 10.5 Å². The van der Waals surface area contributed by atoms with Crippen molar-refractivity contribution in [1.82, 2.24) is 9.78 Å². The summed E-state index contributed by atoms with van der Waals surface area (Å²) < 4.78 is 12.9. The lowest BCUT2D eigenvalue weighted by Crippen LogP contribution is -2.17. The zero-order chi connectivity index (χ0) is 19.9. The van der Waals surface area contributed by atoms with Crippen molar-refractivity contribution in [2.45, 2.75) is 26.0 Å². The first-order chi connectivity index (χ1) is 13.6. The standard InChI is InChI=1S/C22H25N3O3/c1-3-27-22(26)14-19(23)17-9-10-21(28-15-16-7-5-4-6-8-16)18(13-17)20-11-12-24-25(20)2/h4-13,19H,3,14-15,23H2,1-2H3. The normalized spacial score (nSPS) is 11.8. The molecule has 0 saturated heterocycles. The Morgan fingerprint density at radius 2 is 1.96 bits per heavy atom. The quantitative estimate of drug-likeness (QED) is 0.605. The molecule has 28 heavy (non-hydrogen) atoms. The van der Waals surface area contributed by atoms with E-state index in [2.05, 4.69) is 5.10 Å². The Kier molecular flexibility index (Phi) is 6.45. The van der Waals surface area contributed by atoms with E-state index in [1.807, 2.05) is 61.6 Å². The highest BCUT2D eigenvalue weighted by Gasteiger charge is 2.17. The molecule has 146 valence electrons. The molecule has 1 atom stereocenters. The Morgan fingerprint density at radius 3 is 2.64 bits per heavy atom. The maximum absolute atomic E-state index is 11.8. The maximum Gasteiger partial charge on any atom is 0.307 e. The third-order valence-electron chi connectivity index (χ3n) is 4.46. The van der Waals surface area contributed by atoms with E-state index in [0.717, 1.165) is 28.1 Å². The summed E-state index contributed by atoms with van der Waals surface area (Å²) in [4.78, 5) is 11.8. The molecule has 0 aliphatic heterocycles. The van der Waals surface area contributed by atoms with E-state index in [9.17, 15) is 4.79 Å². The molecule has 2 N–H and O–H groups in total. The van der Waals surface area contributed by atoms with Crippen LogP contribution in [0.4, 0.5) is 0 Å². The number of hydrogen-bond acceptors (Lipinski definition) is 5. The Labute approximate surface area is 164 Å². The van der Waals surface area contributed by atoms with Crippen LogP contribution >= 0.6 is 0 Å². The number of benzene rings is 2. The van der Waals surface area contributed by atoms with Crippen LogP contribution in [0.1, 0.15) is 30.5 Å². The Bertz CT molecular complexity index is 922. The minimum atomic E-state index is -0.450. The molecule has 1 heterocycles. The second kappa shape index (κ2) is 9.19. The largest absolute Gasteiger partial charge is 0.488 e. The first-order valence-electron chi connectivity index (χ1n) is 9.28. The highest BCUT2D eigenvalue weighted by Crippen LogP contribution is 2.33. The van der Waals surface area contributed by atoms with Gasteiger partial charge < -0.3 is 15.2 Å². The molecule has 2 aromatic carbocycles. The molecule has 0 fully saturated rings. The Morgan fingerprint density at radius 1 is 1.18 bits per heavy atom. The van der Waals surface area contributed by atoms with Crippen LogP contribution in [0, 0.1) is 0 Å². The molecule has 6 heteroatoms. The average molecular weight is 379 g/mol. The van der Waals surface area contributed by atoms with Gasteiger partial charge in [0.15, 0.2) is 0 Å². The van der Waals surface area contributed by atoms with E-state index in [1.54, 1.807) is 17.8 Å². The number of nitrogens with two attached hydrogens (primary N) is 1. The predicted molar refractivity (Wildman–Crippen MR) is 108 cm³/mol. The lowest BCUT2D eigenvalue weighted by molar-refractivity contribution is -0.143. The van der Waals surface area contributed by atoms with E-state index in [0.29, 0.717) is 13.2 Å². The van der Waals surface area contributed by atoms with Crippen molar-refractivity contribution in [3.05, 3.63) is 71.9 Å². The number of aryl methyl sites for hydroxylation is 1. The van der Waals surface area contributed by atoms with Crippen molar-refractivity contribution in [2.24, 2.45) is 12.8 Å². The maximum atomic E-state index is 11.8. The molecule has 0 bridgehead atoms. The van der Waals surface area contributed by atoms with Crippen LogP contribution in [-0.2, 0) is 23.2 Å². The third-order valence-corrected chi connectivity index (χ3v) is 4.46. The monoisotopic (exact) mass is 379 g/mol. The van der Waals surface area contributed by atoms with Gasteiger partial charge in [-0.2, -0.15) is 5.10 Å². The molecule has 1 aromatic heterocycles. The molecule has 0 aliphatic rings. The topological polar surface area (TPSA) is 79.4 Å². The van der Waals surface area contributed by atoms with Gasteiger partial charge in [0.05, 0.1) is 18.7 Å². The summed E-state index contributed by atoms with van der Waals surface area (Å²) in [6, 6.07) is 17.2. The third kappa shape index (κ3) is 4.78. The zero-order valence-electron chi connectivity index (χ0n) is 16.2. The van der Waals surface area contributed by atoms with Crippen LogP contribution in [0.3, 0.4) is 0 Å². The smallest absolute Gasteiger partial charge is 0.307 e. The van der Waals surface area contributed by atoms with Gasteiger partial charge in [-0.25, -0.2) is 0 Å². The fourth-order valence-corrected chi connectivity index (χ4v) is 3.00.